The van der Waals surface area contributed by atoms with Crippen molar-refractivity contribution >= 4 is 29.3 Å². The Kier molecular flexibility index (Phi) is 4.47. The summed E-state index contributed by atoms with van der Waals surface area (Å²) in [5.41, 5.74) is 0.576. The van der Waals surface area contributed by atoms with Crippen LogP contribution in [0.2, 0.25) is 0 Å². The molecule has 1 aromatic carbocycles. The minimum Gasteiger partial charge on any atom is -0.478 e. The fraction of sp³-hybridized carbons (Fsp3) is 0.438. The lowest BCUT2D eigenvalue weighted by atomic mass is 10.2. The molecule has 1 aromatic rings. The fourth-order valence-corrected chi connectivity index (χ4v) is 2.89. The molecule has 3 rings (SSSR count). The number of aliphatic carboxylic acids is 1. The third kappa shape index (κ3) is 3.35. The highest BCUT2D eigenvalue weighted by atomic mass is 19.1. The van der Waals surface area contributed by atoms with Crippen LogP contribution in [0.3, 0.4) is 0 Å². The van der Waals surface area contributed by atoms with E-state index in [0.717, 1.165) is 4.90 Å². The number of carboxylic acid groups (broad SMARTS) is 1. The normalized spacial score (nSPS) is 21.4. The van der Waals surface area contributed by atoms with E-state index >= 15 is 0 Å². The van der Waals surface area contributed by atoms with E-state index in [1.165, 1.54) is 12.1 Å². The van der Waals surface area contributed by atoms with E-state index in [4.69, 9.17) is 9.84 Å². The molecule has 25 heavy (non-hydrogen) atoms. The van der Waals surface area contributed by atoms with Crippen LogP contribution in [0.25, 0.3) is 0 Å². The maximum absolute atomic E-state index is 14.6. The molecule has 2 heterocycles. The number of rotatable bonds is 3. The number of halogens is 1. The molecule has 1 N–H and O–H groups in total. The fourth-order valence-electron chi connectivity index (χ4n) is 2.89. The molecule has 2 amide bonds. The first-order valence-electron chi connectivity index (χ1n) is 7.86. The predicted molar refractivity (Wildman–Crippen MR) is 86.1 cm³/mol. The molecule has 9 heteroatoms. The van der Waals surface area contributed by atoms with Crippen LogP contribution in [-0.4, -0.2) is 67.3 Å². The zero-order chi connectivity index (χ0) is 18.1. The molecule has 2 aliphatic heterocycles. The number of carbonyl (C=O) groups is 3. The molecule has 0 aliphatic carbocycles. The van der Waals surface area contributed by atoms with Crippen LogP contribution in [0, 0.1) is 5.82 Å². The van der Waals surface area contributed by atoms with Crippen LogP contribution in [0.5, 0.6) is 0 Å². The lowest BCUT2D eigenvalue weighted by Crippen LogP contribution is -2.30. The zero-order valence-electron chi connectivity index (χ0n) is 13.6. The summed E-state index contributed by atoms with van der Waals surface area (Å²) in [6, 6.07) is 4.25. The van der Waals surface area contributed by atoms with Crippen LogP contribution in [0.15, 0.2) is 18.2 Å². The Morgan fingerprint density at radius 1 is 1.28 bits per heavy atom. The summed E-state index contributed by atoms with van der Waals surface area (Å²) < 4.78 is 19.3. The summed E-state index contributed by atoms with van der Waals surface area (Å²) in [5, 5.41) is 8.92. The van der Waals surface area contributed by atoms with Gasteiger partial charge < -0.3 is 19.6 Å². The summed E-state index contributed by atoms with van der Waals surface area (Å²) >= 11 is 0. The van der Waals surface area contributed by atoms with Crippen molar-refractivity contribution in [2.75, 3.05) is 43.0 Å². The van der Waals surface area contributed by atoms with Crippen molar-refractivity contribution < 1.29 is 28.6 Å². The van der Waals surface area contributed by atoms with Gasteiger partial charge in [-0.05, 0) is 18.2 Å². The smallest absolute Gasteiger partial charge is 0.415 e. The van der Waals surface area contributed by atoms with Gasteiger partial charge in [0, 0.05) is 33.1 Å². The lowest BCUT2D eigenvalue weighted by molar-refractivity contribution is -0.144. The number of hydrogen-bond donors (Lipinski definition) is 1. The minimum atomic E-state index is -1.26. The summed E-state index contributed by atoms with van der Waals surface area (Å²) in [5.74, 6) is -1.77. The Bertz CT molecular complexity index is 726. The standard InChI is InChI=1S/C16H18FN3O5/c1-18-6-7-19(5-4-14(18)21)12-3-2-10(8-11(12)17)20-9-13(15(22)23)25-16(20)24/h2-3,8,13H,4-7,9H2,1H3,(H,22,23)/t13-/m1/s1. The van der Waals surface area contributed by atoms with Gasteiger partial charge >= 0.3 is 12.1 Å². The van der Waals surface area contributed by atoms with Crippen molar-refractivity contribution in [1.82, 2.24) is 4.90 Å². The second kappa shape index (κ2) is 6.58. The molecule has 0 radical (unpaired) electrons. The molecule has 2 saturated heterocycles. The van der Waals surface area contributed by atoms with Gasteiger partial charge in [-0.3, -0.25) is 9.69 Å². The van der Waals surface area contributed by atoms with Gasteiger partial charge in [0.05, 0.1) is 17.9 Å². The Labute approximate surface area is 143 Å². The maximum atomic E-state index is 14.6. The van der Waals surface area contributed by atoms with Crippen LogP contribution in [0.1, 0.15) is 6.42 Å². The predicted octanol–water partition coefficient (Wildman–Crippen LogP) is 0.904. The summed E-state index contributed by atoms with van der Waals surface area (Å²) in [4.78, 5) is 38.9. The molecule has 0 bridgehead atoms. The average Bonchev–Trinajstić information content (AvgIpc) is 2.89. The maximum Gasteiger partial charge on any atom is 0.415 e. The van der Waals surface area contributed by atoms with E-state index in [-0.39, 0.29) is 18.1 Å². The summed E-state index contributed by atoms with van der Waals surface area (Å²) in [6.45, 7) is 1.24. The molecule has 2 fully saturated rings. The molecule has 8 nitrogen and oxygen atoms in total. The third-order valence-electron chi connectivity index (χ3n) is 4.40. The second-order valence-corrected chi connectivity index (χ2v) is 6.01. The number of anilines is 2. The van der Waals surface area contributed by atoms with Gasteiger partial charge in [-0.1, -0.05) is 0 Å². The van der Waals surface area contributed by atoms with E-state index in [2.05, 4.69) is 0 Å². The third-order valence-corrected chi connectivity index (χ3v) is 4.40. The minimum absolute atomic E-state index is 0.0130. The molecule has 0 spiro atoms. The van der Waals surface area contributed by atoms with E-state index in [0.29, 0.717) is 31.7 Å². The van der Waals surface area contributed by atoms with E-state index < -0.39 is 24.0 Å². The topological polar surface area (TPSA) is 90.4 Å². The summed E-state index contributed by atoms with van der Waals surface area (Å²) in [7, 11) is 1.71. The molecule has 0 aromatic heterocycles. The SMILES string of the molecule is CN1CCN(c2ccc(N3C[C@H](C(=O)O)OC3=O)cc2F)CCC1=O. The van der Waals surface area contributed by atoms with Gasteiger partial charge in [0.25, 0.3) is 0 Å². The van der Waals surface area contributed by atoms with Crippen LogP contribution in [-0.2, 0) is 14.3 Å². The van der Waals surface area contributed by atoms with Crippen molar-refractivity contribution in [2.24, 2.45) is 0 Å². The van der Waals surface area contributed by atoms with E-state index in [9.17, 15) is 18.8 Å². The van der Waals surface area contributed by atoms with E-state index in [1.54, 1.807) is 22.9 Å². The molecule has 134 valence electrons. The van der Waals surface area contributed by atoms with Gasteiger partial charge in [-0.25, -0.2) is 14.0 Å². The first kappa shape index (κ1) is 17.0. The molecular formula is C16H18FN3O5. The van der Waals surface area contributed by atoms with Crippen molar-refractivity contribution in [3.63, 3.8) is 0 Å². The monoisotopic (exact) mass is 351 g/mol. The average molecular weight is 351 g/mol. The molecule has 2 aliphatic rings. The number of carbonyl (C=O) groups excluding carboxylic acids is 2. The molecule has 0 unspecified atom stereocenters. The number of hydrogen-bond acceptors (Lipinski definition) is 5. The Hall–Kier alpha value is -2.84. The second-order valence-electron chi connectivity index (χ2n) is 6.01. The lowest BCUT2D eigenvalue weighted by Gasteiger charge is -2.24. The van der Waals surface area contributed by atoms with Crippen molar-refractivity contribution in [2.45, 2.75) is 12.5 Å². The number of nitrogens with zero attached hydrogens (tertiary/aromatic N) is 3. The zero-order valence-corrected chi connectivity index (χ0v) is 13.6. The van der Waals surface area contributed by atoms with Crippen LogP contribution in [0.4, 0.5) is 20.6 Å². The van der Waals surface area contributed by atoms with Crippen molar-refractivity contribution in [3.05, 3.63) is 24.0 Å². The number of ether oxygens (including phenoxy) is 1. The quantitative estimate of drug-likeness (QED) is 0.870. The highest BCUT2D eigenvalue weighted by Crippen LogP contribution is 2.28. The van der Waals surface area contributed by atoms with Gasteiger partial charge in [-0.15, -0.1) is 0 Å². The number of likely N-dealkylation sites (N-methyl/N-ethyl adjacent to an activating group) is 1. The van der Waals surface area contributed by atoms with E-state index in [1.807, 2.05) is 0 Å². The molecular weight excluding hydrogens is 333 g/mol. The molecule has 0 saturated carbocycles. The van der Waals surface area contributed by atoms with Gasteiger partial charge in [-0.2, -0.15) is 0 Å². The number of carboxylic acids is 1. The van der Waals surface area contributed by atoms with Crippen LogP contribution < -0.4 is 9.80 Å². The highest BCUT2D eigenvalue weighted by molar-refractivity contribution is 5.94. The molecule has 1 atom stereocenters. The Morgan fingerprint density at radius 3 is 2.68 bits per heavy atom. The van der Waals surface area contributed by atoms with Gasteiger partial charge in [0.1, 0.15) is 5.82 Å². The Morgan fingerprint density at radius 2 is 2.04 bits per heavy atom. The first-order valence-corrected chi connectivity index (χ1v) is 7.86. The number of amides is 2. The largest absolute Gasteiger partial charge is 0.478 e. The first-order chi connectivity index (χ1) is 11.9. The van der Waals surface area contributed by atoms with Crippen LogP contribution >= 0.6 is 0 Å². The number of cyclic esters (lactones) is 1. The van der Waals surface area contributed by atoms with Crippen molar-refractivity contribution in [1.29, 1.82) is 0 Å². The number of benzene rings is 1. The van der Waals surface area contributed by atoms with Gasteiger partial charge in [0.2, 0.25) is 12.0 Å². The van der Waals surface area contributed by atoms with Gasteiger partial charge in [0.15, 0.2) is 0 Å². The Balaban J connectivity index is 1.78. The summed E-state index contributed by atoms with van der Waals surface area (Å²) in [6.07, 6.45) is -1.78. The van der Waals surface area contributed by atoms with Crippen molar-refractivity contribution in [3.8, 4) is 0 Å². The highest BCUT2D eigenvalue weighted by Gasteiger charge is 2.37.